The summed E-state index contributed by atoms with van der Waals surface area (Å²) in [5, 5.41) is 0. The van der Waals surface area contributed by atoms with Gasteiger partial charge in [0.1, 0.15) is 0 Å². The van der Waals surface area contributed by atoms with E-state index in [9.17, 15) is 0 Å². The van der Waals surface area contributed by atoms with Crippen LogP contribution in [0.15, 0.2) is 12.5 Å². The van der Waals surface area contributed by atoms with Crippen LogP contribution < -0.4 is 5.73 Å². The standard InChI is InChI=1S/C11H20N4/c1-10-2-4-14(6-10)7-11-8-15(5-3-12)9-13-11/h8-10H,2-7,12H2,1H3. The fourth-order valence-corrected chi connectivity index (χ4v) is 2.16. The molecule has 1 aliphatic rings. The Hall–Kier alpha value is -0.870. The first-order chi connectivity index (χ1) is 7.28. The second-order valence-corrected chi connectivity index (χ2v) is 4.52. The van der Waals surface area contributed by atoms with E-state index in [-0.39, 0.29) is 0 Å². The Kier molecular flexibility index (Phi) is 3.38. The molecule has 1 aliphatic heterocycles. The average Bonchev–Trinajstić information content (AvgIpc) is 2.78. The summed E-state index contributed by atoms with van der Waals surface area (Å²) in [5.41, 5.74) is 6.66. The maximum Gasteiger partial charge on any atom is 0.0950 e. The summed E-state index contributed by atoms with van der Waals surface area (Å²) in [6.07, 6.45) is 5.31. The van der Waals surface area contributed by atoms with Gasteiger partial charge in [-0.05, 0) is 18.9 Å². The maximum atomic E-state index is 5.49. The van der Waals surface area contributed by atoms with Crippen LogP contribution in [0, 0.1) is 5.92 Å². The van der Waals surface area contributed by atoms with E-state index in [0.29, 0.717) is 6.54 Å². The van der Waals surface area contributed by atoms with Crippen molar-refractivity contribution in [1.29, 1.82) is 0 Å². The van der Waals surface area contributed by atoms with Gasteiger partial charge >= 0.3 is 0 Å². The van der Waals surface area contributed by atoms with E-state index < -0.39 is 0 Å². The first-order valence-electron chi connectivity index (χ1n) is 5.71. The number of rotatable bonds is 4. The Morgan fingerprint density at radius 3 is 3.13 bits per heavy atom. The third-order valence-corrected chi connectivity index (χ3v) is 2.97. The highest BCUT2D eigenvalue weighted by molar-refractivity contribution is 4.97. The Bertz CT molecular complexity index is 307. The minimum Gasteiger partial charge on any atom is -0.336 e. The summed E-state index contributed by atoms with van der Waals surface area (Å²) in [7, 11) is 0. The Balaban J connectivity index is 1.87. The molecule has 1 fully saturated rings. The Morgan fingerprint density at radius 1 is 1.60 bits per heavy atom. The first-order valence-corrected chi connectivity index (χ1v) is 5.71. The number of hydrogen-bond donors (Lipinski definition) is 1. The predicted octanol–water partition coefficient (Wildman–Crippen LogP) is 0.684. The van der Waals surface area contributed by atoms with Crippen molar-refractivity contribution in [3.8, 4) is 0 Å². The summed E-state index contributed by atoms with van der Waals surface area (Å²) < 4.78 is 2.06. The molecule has 0 spiro atoms. The van der Waals surface area contributed by atoms with E-state index >= 15 is 0 Å². The van der Waals surface area contributed by atoms with Crippen molar-refractivity contribution in [3.05, 3.63) is 18.2 Å². The molecule has 0 amide bonds. The fraction of sp³-hybridized carbons (Fsp3) is 0.727. The molecule has 1 unspecified atom stereocenters. The zero-order valence-corrected chi connectivity index (χ0v) is 9.39. The summed E-state index contributed by atoms with van der Waals surface area (Å²) in [6, 6.07) is 0. The van der Waals surface area contributed by atoms with Crippen molar-refractivity contribution < 1.29 is 0 Å². The monoisotopic (exact) mass is 208 g/mol. The highest BCUT2D eigenvalue weighted by Gasteiger charge is 2.18. The normalized spacial score (nSPS) is 22.4. The van der Waals surface area contributed by atoms with Crippen molar-refractivity contribution in [2.45, 2.75) is 26.4 Å². The average molecular weight is 208 g/mol. The van der Waals surface area contributed by atoms with Crippen LogP contribution in [0.5, 0.6) is 0 Å². The second kappa shape index (κ2) is 4.77. The zero-order chi connectivity index (χ0) is 10.7. The van der Waals surface area contributed by atoms with Gasteiger partial charge in [0.05, 0.1) is 12.0 Å². The molecule has 15 heavy (non-hydrogen) atoms. The van der Waals surface area contributed by atoms with Crippen molar-refractivity contribution in [3.63, 3.8) is 0 Å². The lowest BCUT2D eigenvalue weighted by atomic mass is 10.2. The van der Waals surface area contributed by atoms with Gasteiger partial charge in [-0.2, -0.15) is 0 Å². The van der Waals surface area contributed by atoms with Crippen molar-refractivity contribution in [1.82, 2.24) is 14.5 Å². The molecular weight excluding hydrogens is 188 g/mol. The molecule has 0 saturated carbocycles. The van der Waals surface area contributed by atoms with Crippen molar-refractivity contribution in [2.75, 3.05) is 19.6 Å². The van der Waals surface area contributed by atoms with Crippen LogP contribution in [0.1, 0.15) is 19.0 Å². The Morgan fingerprint density at radius 2 is 2.47 bits per heavy atom. The SMILES string of the molecule is CC1CCN(Cc2cn(CCN)cn2)C1. The van der Waals surface area contributed by atoms with E-state index in [1.807, 2.05) is 6.33 Å². The van der Waals surface area contributed by atoms with E-state index in [1.165, 1.54) is 19.5 Å². The summed E-state index contributed by atoms with van der Waals surface area (Å²) in [6.45, 7) is 7.27. The van der Waals surface area contributed by atoms with Crippen LogP contribution in [-0.4, -0.2) is 34.1 Å². The molecule has 0 bridgehead atoms. The van der Waals surface area contributed by atoms with Gasteiger partial charge in [0.25, 0.3) is 0 Å². The molecule has 1 atom stereocenters. The number of nitrogens with zero attached hydrogens (tertiary/aromatic N) is 3. The Labute approximate surface area is 91.1 Å². The van der Waals surface area contributed by atoms with E-state index in [1.54, 1.807) is 0 Å². The topological polar surface area (TPSA) is 47.1 Å². The maximum absolute atomic E-state index is 5.49. The fourth-order valence-electron chi connectivity index (χ4n) is 2.16. The molecule has 2 N–H and O–H groups in total. The zero-order valence-electron chi connectivity index (χ0n) is 9.39. The summed E-state index contributed by atoms with van der Waals surface area (Å²) >= 11 is 0. The minimum absolute atomic E-state index is 0.677. The van der Waals surface area contributed by atoms with Crippen LogP contribution in [0.3, 0.4) is 0 Å². The molecule has 0 radical (unpaired) electrons. The second-order valence-electron chi connectivity index (χ2n) is 4.52. The molecular formula is C11H20N4. The first kappa shape index (κ1) is 10.6. The lowest BCUT2D eigenvalue weighted by Crippen LogP contribution is -2.19. The highest BCUT2D eigenvalue weighted by atomic mass is 15.2. The number of hydrogen-bond acceptors (Lipinski definition) is 3. The molecule has 0 aliphatic carbocycles. The molecule has 84 valence electrons. The summed E-state index contributed by atoms with van der Waals surface area (Å²) in [5.74, 6) is 0.844. The molecule has 2 rings (SSSR count). The van der Waals surface area contributed by atoms with Gasteiger partial charge in [0.2, 0.25) is 0 Å². The highest BCUT2D eigenvalue weighted by Crippen LogP contribution is 2.16. The molecule has 0 aromatic carbocycles. The predicted molar refractivity (Wildman–Crippen MR) is 60.3 cm³/mol. The lowest BCUT2D eigenvalue weighted by Gasteiger charge is -2.12. The van der Waals surface area contributed by atoms with Crippen LogP contribution in [0.25, 0.3) is 0 Å². The number of imidazole rings is 1. The molecule has 4 heteroatoms. The van der Waals surface area contributed by atoms with Gasteiger partial charge in [0.15, 0.2) is 0 Å². The van der Waals surface area contributed by atoms with Gasteiger partial charge in [-0.3, -0.25) is 4.90 Å². The van der Waals surface area contributed by atoms with E-state index in [4.69, 9.17) is 5.73 Å². The molecule has 4 nitrogen and oxygen atoms in total. The van der Waals surface area contributed by atoms with E-state index in [2.05, 4.69) is 27.6 Å². The van der Waals surface area contributed by atoms with Crippen molar-refractivity contribution >= 4 is 0 Å². The van der Waals surface area contributed by atoms with Gasteiger partial charge in [-0.1, -0.05) is 6.92 Å². The lowest BCUT2D eigenvalue weighted by molar-refractivity contribution is 0.317. The number of aromatic nitrogens is 2. The summed E-state index contributed by atoms with van der Waals surface area (Å²) in [4.78, 5) is 6.86. The van der Waals surface area contributed by atoms with Crippen LogP contribution >= 0.6 is 0 Å². The molecule has 1 saturated heterocycles. The molecule has 1 aromatic heterocycles. The quantitative estimate of drug-likeness (QED) is 0.791. The van der Waals surface area contributed by atoms with Gasteiger partial charge in [-0.15, -0.1) is 0 Å². The van der Waals surface area contributed by atoms with E-state index in [0.717, 1.165) is 24.7 Å². The minimum atomic E-state index is 0.677. The molecule has 1 aromatic rings. The van der Waals surface area contributed by atoms with Crippen LogP contribution in [0.2, 0.25) is 0 Å². The van der Waals surface area contributed by atoms with Crippen LogP contribution in [-0.2, 0) is 13.1 Å². The largest absolute Gasteiger partial charge is 0.336 e. The third-order valence-electron chi connectivity index (χ3n) is 2.97. The van der Waals surface area contributed by atoms with Gasteiger partial charge in [-0.25, -0.2) is 4.98 Å². The molecule has 2 heterocycles. The third kappa shape index (κ3) is 2.79. The van der Waals surface area contributed by atoms with Gasteiger partial charge < -0.3 is 10.3 Å². The number of nitrogens with two attached hydrogens (primary N) is 1. The van der Waals surface area contributed by atoms with Gasteiger partial charge in [0, 0.05) is 32.4 Å². The smallest absolute Gasteiger partial charge is 0.0950 e. The van der Waals surface area contributed by atoms with Crippen LogP contribution in [0.4, 0.5) is 0 Å². The van der Waals surface area contributed by atoms with Crippen molar-refractivity contribution in [2.24, 2.45) is 11.7 Å². The number of likely N-dealkylation sites (tertiary alicyclic amines) is 1.